The van der Waals surface area contributed by atoms with Crippen molar-refractivity contribution in [2.45, 2.75) is 25.5 Å². The molecule has 0 unspecified atom stereocenters. The number of carbonyl (C=O) groups excluding carboxylic acids is 2. The van der Waals surface area contributed by atoms with Gasteiger partial charge in [0.25, 0.3) is 0 Å². The summed E-state index contributed by atoms with van der Waals surface area (Å²) in [5.41, 5.74) is 4.87. The Kier molecular flexibility index (Phi) is 7.34. The molecule has 34 heavy (non-hydrogen) atoms. The molecule has 2 aromatic heterocycles. The summed E-state index contributed by atoms with van der Waals surface area (Å²) in [6.07, 6.45) is 3.42. The Hall–Kier alpha value is -3.98. The fourth-order valence-electron chi connectivity index (χ4n) is 3.43. The van der Waals surface area contributed by atoms with Crippen molar-refractivity contribution in [3.05, 3.63) is 89.7 Å². The smallest absolute Gasteiger partial charge is 0.321 e. The number of aryl methyl sites for hydroxylation is 2. The summed E-state index contributed by atoms with van der Waals surface area (Å²) in [6.45, 7) is 4.39. The maximum Gasteiger partial charge on any atom is 0.321 e. The molecule has 0 aliphatic heterocycles. The molecule has 8 nitrogen and oxygen atoms in total. The lowest BCUT2D eigenvalue weighted by Crippen LogP contribution is -2.40. The molecule has 0 saturated carbocycles. The normalized spacial score (nSPS) is 10.6. The van der Waals surface area contributed by atoms with E-state index in [-0.39, 0.29) is 5.75 Å². The van der Waals surface area contributed by atoms with Crippen LogP contribution in [-0.4, -0.2) is 37.4 Å². The predicted octanol–water partition coefficient (Wildman–Crippen LogP) is 4.06. The third kappa shape index (κ3) is 5.68. The zero-order valence-electron chi connectivity index (χ0n) is 18.9. The fraction of sp³-hybridized carbons (Fsp3) is 0.160. The highest BCUT2D eigenvalue weighted by Gasteiger charge is 2.19. The monoisotopic (exact) mass is 472 g/mol. The van der Waals surface area contributed by atoms with Crippen LogP contribution in [0.4, 0.5) is 4.79 Å². The van der Waals surface area contributed by atoms with Gasteiger partial charge in [0.2, 0.25) is 5.91 Å². The van der Waals surface area contributed by atoms with Gasteiger partial charge in [-0.1, -0.05) is 59.8 Å². The number of nitrogens with one attached hydrogen (secondary N) is 2. The second-order valence-corrected chi connectivity index (χ2v) is 8.62. The SMILES string of the molecule is Cc1ccc(-n2c(SCC(=O)NC(=O)NCc3ccccc3)nnc2-c2cccnc2)c(C)c1. The molecular formula is C25H24N6O2S. The van der Waals surface area contributed by atoms with Gasteiger partial charge in [-0.05, 0) is 43.2 Å². The Morgan fingerprint density at radius 3 is 2.56 bits per heavy atom. The van der Waals surface area contributed by atoms with Crippen molar-refractivity contribution in [3.8, 4) is 17.1 Å². The Morgan fingerprint density at radius 2 is 1.82 bits per heavy atom. The summed E-state index contributed by atoms with van der Waals surface area (Å²) in [5, 5.41) is 14.3. The van der Waals surface area contributed by atoms with E-state index in [0.717, 1.165) is 27.9 Å². The number of urea groups is 1. The first kappa shape index (κ1) is 23.2. The van der Waals surface area contributed by atoms with Crippen LogP contribution in [0.3, 0.4) is 0 Å². The van der Waals surface area contributed by atoms with Crippen LogP contribution < -0.4 is 10.6 Å². The minimum Gasteiger partial charge on any atom is -0.334 e. The molecule has 0 bridgehead atoms. The summed E-state index contributed by atoms with van der Waals surface area (Å²) in [4.78, 5) is 28.7. The Balaban J connectivity index is 1.48. The quantitative estimate of drug-likeness (QED) is 0.393. The minimum atomic E-state index is -0.540. The van der Waals surface area contributed by atoms with Gasteiger partial charge in [0.1, 0.15) is 0 Å². The highest BCUT2D eigenvalue weighted by atomic mass is 32.2. The molecule has 2 N–H and O–H groups in total. The Morgan fingerprint density at radius 1 is 1.00 bits per heavy atom. The number of carbonyl (C=O) groups is 2. The topological polar surface area (TPSA) is 102 Å². The van der Waals surface area contributed by atoms with Crippen molar-refractivity contribution in [1.82, 2.24) is 30.4 Å². The summed E-state index contributed by atoms with van der Waals surface area (Å²) in [6, 6.07) is 18.8. The van der Waals surface area contributed by atoms with Crippen LogP contribution in [0.15, 0.2) is 78.2 Å². The third-order valence-corrected chi connectivity index (χ3v) is 5.96. The summed E-state index contributed by atoms with van der Waals surface area (Å²) in [7, 11) is 0. The van der Waals surface area contributed by atoms with Gasteiger partial charge < -0.3 is 5.32 Å². The number of imide groups is 1. The average Bonchev–Trinajstić information content (AvgIpc) is 3.26. The molecule has 4 aromatic rings. The molecule has 172 valence electrons. The summed E-state index contributed by atoms with van der Waals surface area (Å²) in [5.74, 6) is 0.215. The van der Waals surface area contributed by atoms with E-state index in [1.165, 1.54) is 11.8 Å². The number of hydrogen-bond donors (Lipinski definition) is 2. The molecular weight excluding hydrogens is 448 g/mol. The van der Waals surface area contributed by atoms with Gasteiger partial charge in [-0.2, -0.15) is 0 Å². The van der Waals surface area contributed by atoms with E-state index in [1.54, 1.807) is 12.4 Å². The lowest BCUT2D eigenvalue weighted by atomic mass is 10.1. The van der Waals surface area contributed by atoms with E-state index in [4.69, 9.17) is 0 Å². The molecule has 2 heterocycles. The second-order valence-electron chi connectivity index (χ2n) is 7.68. The number of pyridine rings is 1. The standard InChI is InChI=1S/C25H24N6O2S/c1-17-10-11-21(18(2)13-17)31-23(20-9-6-12-26-15-20)29-30-25(31)34-16-22(32)28-24(33)27-14-19-7-4-3-5-8-19/h3-13,15H,14,16H2,1-2H3,(H2,27,28,32,33). The largest absolute Gasteiger partial charge is 0.334 e. The lowest BCUT2D eigenvalue weighted by molar-refractivity contribution is -0.117. The first-order chi connectivity index (χ1) is 16.5. The summed E-state index contributed by atoms with van der Waals surface area (Å²) < 4.78 is 1.92. The highest BCUT2D eigenvalue weighted by molar-refractivity contribution is 7.99. The highest BCUT2D eigenvalue weighted by Crippen LogP contribution is 2.29. The van der Waals surface area contributed by atoms with Crippen LogP contribution in [0.1, 0.15) is 16.7 Å². The molecule has 0 saturated heterocycles. The number of benzene rings is 2. The number of nitrogens with zero attached hydrogens (tertiary/aromatic N) is 4. The van der Waals surface area contributed by atoms with Crippen molar-refractivity contribution in [1.29, 1.82) is 0 Å². The Labute approximate surface area is 201 Å². The van der Waals surface area contributed by atoms with E-state index in [1.807, 2.05) is 73.0 Å². The van der Waals surface area contributed by atoms with Crippen molar-refractivity contribution < 1.29 is 9.59 Å². The Bertz CT molecular complexity index is 1290. The van der Waals surface area contributed by atoms with E-state index in [2.05, 4.69) is 31.9 Å². The van der Waals surface area contributed by atoms with Crippen LogP contribution in [0, 0.1) is 13.8 Å². The third-order valence-electron chi connectivity index (χ3n) is 5.03. The predicted molar refractivity (Wildman–Crippen MR) is 132 cm³/mol. The van der Waals surface area contributed by atoms with Gasteiger partial charge in [-0.3, -0.25) is 19.7 Å². The van der Waals surface area contributed by atoms with Gasteiger partial charge in [-0.25, -0.2) is 4.79 Å². The van der Waals surface area contributed by atoms with Crippen LogP contribution in [0.5, 0.6) is 0 Å². The van der Waals surface area contributed by atoms with Gasteiger partial charge in [0, 0.05) is 24.5 Å². The van der Waals surface area contributed by atoms with Gasteiger partial charge in [-0.15, -0.1) is 10.2 Å². The zero-order valence-corrected chi connectivity index (χ0v) is 19.7. The van der Waals surface area contributed by atoms with Crippen LogP contribution in [0.2, 0.25) is 0 Å². The molecule has 0 fully saturated rings. The maximum atomic E-state index is 12.4. The second kappa shape index (κ2) is 10.8. The first-order valence-corrected chi connectivity index (χ1v) is 11.7. The fourth-order valence-corrected chi connectivity index (χ4v) is 4.18. The van der Waals surface area contributed by atoms with Crippen LogP contribution in [-0.2, 0) is 11.3 Å². The molecule has 0 atom stereocenters. The molecule has 2 aromatic carbocycles. The van der Waals surface area contributed by atoms with Gasteiger partial charge in [0.05, 0.1) is 11.4 Å². The molecule has 9 heteroatoms. The van der Waals surface area contributed by atoms with Crippen molar-refractivity contribution in [2.75, 3.05) is 5.75 Å². The van der Waals surface area contributed by atoms with Crippen LogP contribution >= 0.6 is 11.8 Å². The number of amides is 3. The number of thioether (sulfide) groups is 1. The lowest BCUT2D eigenvalue weighted by Gasteiger charge is -2.13. The van der Waals surface area contributed by atoms with Crippen molar-refractivity contribution >= 4 is 23.7 Å². The van der Waals surface area contributed by atoms with E-state index in [0.29, 0.717) is 17.5 Å². The number of aromatic nitrogens is 4. The average molecular weight is 473 g/mol. The van der Waals surface area contributed by atoms with Crippen molar-refractivity contribution in [2.24, 2.45) is 0 Å². The van der Waals surface area contributed by atoms with E-state index >= 15 is 0 Å². The summed E-state index contributed by atoms with van der Waals surface area (Å²) >= 11 is 1.21. The first-order valence-electron chi connectivity index (χ1n) is 10.7. The van der Waals surface area contributed by atoms with Crippen LogP contribution in [0.25, 0.3) is 17.1 Å². The van der Waals surface area contributed by atoms with E-state index < -0.39 is 11.9 Å². The minimum absolute atomic E-state index is 0.00877. The van der Waals surface area contributed by atoms with Crippen molar-refractivity contribution in [3.63, 3.8) is 0 Å². The molecule has 0 aliphatic carbocycles. The van der Waals surface area contributed by atoms with Gasteiger partial charge in [0.15, 0.2) is 11.0 Å². The zero-order chi connectivity index (χ0) is 23.9. The van der Waals surface area contributed by atoms with Gasteiger partial charge >= 0.3 is 6.03 Å². The van der Waals surface area contributed by atoms with E-state index in [9.17, 15) is 9.59 Å². The number of rotatable bonds is 7. The molecule has 0 radical (unpaired) electrons. The molecule has 3 amide bonds. The maximum absolute atomic E-state index is 12.4. The molecule has 0 spiro atoms. The molecule has 4 rings (SSSR count). The molecule has 0 aliphatic rings. The number of hydrogen-bond acceptors (Lipinski definition) is 6.